The second kappa shape index (κ2) is 9.04. The van der Waals surface area contributed by atoms with Gasteiger partial charge in [0.1, 0.15) is 5.75 Å². The van der Waals surface area contributed by atoms with Crippen molar-refractivity contribution in [3.8, 4) is 5.75 Å². The van der Waals surface area contributed by atoms with Gasteiger partial charge in [-0.15, -0.1) is 0 Å². The zero-order valence-electron chi connectivity index (χ0n) is 15.8. The molecule has 2 N–H and O–H groups in total. The smallest absolute Gasteiger partial charge is 0.265 e. The molecule has 0 aliphatic carbocycles. The molecule has 0 heterocycles. The molecular formula is C21H26N2O3. The van der Waals surface area contributed by atoms with Crippen LogP contribution >= 0.6 is 0 Å². The summed E-state index contributed by atoms with van der Waals surface area (Å²) >= 11 is 0. The van der Waals surface area contributed by atoms with Gasteiger partial charge < -0.3 is 15.4 Å². The molecule has 0 bridgehead atoms. The highest BCUT2D eigenvalue weighted by Crippen LogP contribution is 2.23. The predicted molar refractivity (Wildman–Crippen MR) is 104 cm³/mol. The molecule has 0 aliphatic rings. The number of rotatable bonds is 7. The molecule has 0 saturated heterocycles. The highest BCUT2D eigenvalue weighted by Gasteiger charge is 2.17. The average Bonchev–Trinajstić information content (AvgIpc) is 2.63. The van der Waals surface area contributed by atoms with Crippen molar-refractivity contribution in [1.82, 2.24) is 5.32 Å². The number of benzene rings is 2. The first-order chi connectivity index (χ1) is 12.4. The first-order valence-electron chi connectivity index (χ1n) is 8.84. The molecule has 2 rings (SSSR count). The first kappa shape index (κ1) is 19.5. The lowest BCUT2D eigenvalue weighted by atomic mass is 10.1. The minimum absolute atomic E-state index is 0.114. The van der Waals surface area contributed by atoms with Crippen LogP contribution in [0.3, 0.4) is 0 Å². The summed E-state index contributed by atoms with van der Waals surface area (Å²) in [5, 5.41) is 5.63. The van der Waals surface area contributed by atoms with Crippen molar-refractivity contribution >= 4 is 17.5 Å². The van der Waals surface area contributed by atoms with Crippen LogP contribution in [0.4, 0.5) is 5.69 Å². The fraction of sp³-hybridized carbons (Fsp3) is 0.333. The van der Waals surface area contributed by atoms with Crippen LogP contribution in [0.5, 0.6) is 5.75 Å². The highest BCUT2D eigenvalue weighted by molar-refractivity contribution is 5.96. The predicted octanol–water partition coefficient (Wildman–Crippen LogP) is 3.85. The number of carbonyl (C=O) groups excluding carboxylic acids is 2. The van der Waals surface area contributed by atoms with Gasteiger partial charge in [0.05, 0.1) is 0 Å². The van der Waals surface area contributed by atoms with Crippen molar-refractivity contribution in [3.63, 3.8) is 0 Å². The van der Waals surface area contributed by atoms with E-state index in [1.807, 2.05) is 39.0 Å². The van der Waals surface area contributed by atoms with E-state index in [4.69, 9.17) is 4.74 Å². The monoisotopic (exact) mass is 354 g/mol. The Bertz CT molecular complexity index is 749. The molecule has 0 aliphatic heterocycles. The van der Waals surface area contributed by atoms with Gasteiger partial charge in [0.2, 0.25) is 0 Å². The largest absolute Gasteiger partial charge is 0.480 e. The second-order valence-electron chi connectivity index (χ2n) is 6.30. The fourth-order valence-corrected chi connectivity index (χ4v) is 2.50. The molecule has 0 aromatic heterocycles. The van der Waals surface area contributed by atoms with Crippen LogP contribution in [0, 0.1) is 13.8 Å². The number of aryl methyl sites for hydroxylation is 2. The molecule has 2 aromatic rings. The van der Waals surface area contributed by atoms with Crippen LogP contribution in [0.15, 0.2) is 42.5 Å². The fourth-order valence-electron chi connectivity index (χ4n) is 2.50. The third-order valence-electron chi connectivity index (χ3n) is 4.02. The van der Waals surface area contributed by atoms with E-state index in [1.165, 1.54) is 0 Å². The Labute approximate surface area is 154 Å². The number of ether oxygens (including phenoxy) is 1. The van der Waals surface area contributed by atoms with Gasteiger partial charge in [0, 0.05) is 17.8 Å². The number of para-hydroxylation sites is 1. The number of amides is 2. The van der Waals surface area contributed by atoms with Crippen LogP contribution in [-0.2, 0) is 4.79 Å². The standard InChI is InChI=1S/C21H26N2O3/c1-5-13-22-21(25)17-9-11-18(12-10-17)23-20(24)16(4)26-19-14(2)7-6-8-15(19)3/h6-12,16H,5,13H2,1-4H3,(H,22,25)(H,23,24). The van der Waals surface area contributed by atoms with Crippen molar-refractivity contribution in [3.05, 3.63) is 59.2 Å². The molecule has 1 unspecified atom stereocenters. The normalized spacial score (nSPS) is 11.5. The van der Waals surface area contributed by atoms with Gasteiger partial charge >= 0.3 is 0 Å². The van der Waals surface area contributed by atoms with E-state index in [2.05, 4.69) is 10.6 Å². The van der Waals surface area contributed by atoms with Gasteiger partial charge in [0.15, 0.2) is 6.10 Å². The van der Waals surface area contributed by atoms with E-state index >= 15 is 0 Å². The SMILES string of the molecule is CCCNC(=O)c1ccc(NC(=O)C(C)Oc2c(C)cccc2C)cc1. The van der Waals surface area contributed by atoms with E-state index in [9.17, 15) is 9.59 Å². The quantitative estimate of drug-likeness (QED) is 0.794. The average molecular weight is 354 g/mol. The Balaban J connectivity index is 1.97. The van der Waals surface area contributed by atoms with Crippen LogP contribution in [0.1, 0.15) is 41.8 Å². The number of anilines is 1. The third-order valence-corrected chi connectivity index (χ3v) is 4.02. The van der Waals surface area contributed by atoms with Crippen LogP contribution in [0.2, 0.25) is 0 Å². The zero-order chi connectivity index (χ0) is 19.1. The zero-order valence-corrected chi connectivity index (χ0v) is 15.8. The summed E-state index contributed by atoms with van der Waals surface area (Å²) in [5.74, 6) is 0.380. The molecule has 0 fully saturated rings. The summed E-state index contributed by atoms with van der Waals surface area (Å²) in [4.78, 5) is 24.3. The Morgan fingerprint density at radius 3 is 2.23 bits per heavy atom. The van der Waals surface area contributed by atoms with E-state index < -0.39 is 6.10 Å². The molecule has 0 saturated carbocycles. The molecule has 2 aromatic carbocycles. The van der Waals surface area contributed by atoms with Gasteiger partial charge in [-0.3, -0.25) is 9.59 Å². The molecule has 0 spiro atoms. The molecule has 5 nitrogen and oxygen atoms in total. The summed E-state index contributed by atoms with van der Waals surface area (Å²) in [6.45, 7) is 8.27. The summed E-state index contributed by atoms with van der Waals surface area (Å²) in [5.41, 5.74) is 3.18. The summed E-state index contributed by atoms with van der Waals surface area (Å²) in [6.07, 6.45) is 0.250. The lowest BCUT2D eigenvalue weighted by molar-refractivity contribution is -0.122. The maximum atomic E-state index is 12.4. The summed E-state index contributed by atoms with van der Waals surface area (Å²) < 4.78 is 5.84. The van der Waals surface area contributed by atoms with Gasteiger partial charge in [-0.25, -0.2) is 0 Å². The Hall–Kier alpha value is -2.82. The number of hydrogen-bond acceptors (Lipinski definition) is 3. The van der Waals surface area contributed by atoms with Crippen molar-refractivity contribution in [2.75, 3.05) is 11.9 Å². The number of carbonyl (C=O) groups is 2. The lowest BCUT2D eigenvalue weighted by Crippen LogP contribution is -2.30. The van der Waals surface area contributed by atoms with E-state index in [0.29, 0.717) is 17.8 Å². The maximum Gasteiger partial charge on any atom is 0.265 e. The Kier molecular flexibility index (Phi) is 6.78. The highest BCUT2D eigenvalue weighted by atomic mass is 16.5. The molecule has 26 heavy (non-hydrogen) atoms. The van der Waals surface area contributed by atoms with Crippen molar-refractivity contribution < 1.29 is 14.3 Å². The minimum atomic E-state index is -0.637. The Morgan fingerprint density at radius 1 is 1.04 bits per heavy atom. The van der Waals surface area contributed by atoms with Gasteiger partial charge in [-0.1, -0.05) is 25.1 Å². The topological polar surface area (TPSA) is 67.4 Å². The summed E-state index contributed by atoms with van der Waals surface area (Å²) in [7, 11) is 0. The van der Waals surface area contributed by atoms with E-state index in [-0.39, 0.29) is 11.8 Å². The molecule has 0 radical (unpaired) electrons. The first-order valence-corrected chi connectivity index (χ1v) is 8.84. The van der Waals surface area contributed by atoms with Crippen molar-refractivity contribution in [2.45, 2.75) is 40.2 Å². The molecule has 138 valence electrons. The van der Waals surface area contributed by atoms with Crippen molar-refractivity contribution in [1.29, 1.82) is 0 Å². The lowest BCUT2D eigenvalue weighted by Gasteiger charge is -2.18. The van der Waals surface area contributed by atoms with E-state index in [0.717, 1.165) is 23.3 Å². The number of nitrogens with one attached hydrogen (secondary N) is 2. The van der Waals surface area contributed by atoms with Crippen LogP contribution in [0.25, 0.3) is 0 Å². The molecular weight excluding hydrogens is 328 g/mol. The van der Waals surface area contributed by atoms with Gasteiger partial charge in [-0.05, 0) is 62.6 Å². The van der Waals surface area contributed by atoms with Gasteiger partial charge in [-0.2, -0.15) is 0 Å². The minimum Gasteiger partial charge on any atom is -0.480 e. The van der Waals surface area contributed by atoms with Crippen LogP contribution in [-0.4, -0.2) is 24.5 Å². The maximum absolute atomic E-state index is 12.4. The summed E-state index contributed by atoms with van der Waals surface area (Å²) in [6, 6.07) is 12.7. The number of hydrogen-bond donors (Lipinski definition) is 2. The van der Waals surface area contributed by atoms with Crippen molar-refractivity contribution in [2.24, 2.45) is 0 Å². The van der Waals surface area contributed by atoms with Gasteiger partial charge in [0.25, 0.3) is 11.8 Å². The third kappa shape index (κ3) is 5.09. The molecule has 1 atom stereocenters. The van der Waals surface area contributed by atoms with E-state index in [1.54, 1.807) is 31.2 Å². The molecule has 5 heteroatoms. The second-order valence-corrected chi connectivity index (χ2v) is 6.30. The van der Waals surface area contributed by atoms with Crippen LogP contribution < -0.4 is 15.4 Å². The Morgan fingerprint density at radius 2 is 1.65 bits per heavy atom. The molecule has 2 amide bonds.